The highest BCUT2D eigenvalue weighted by Gasteiger charge is 2.31. The summed E-state index contributed by atoms with van der Waals surface area (Å²) in [5.74, 6) is -0.333. The maximum absolute atomic E-state index is 13.4. The number of carbonyl (C=O) groups is 1. The first kappa shape index (κ1) is 19.5. The van der Waals surface area contributed by atoms with Gasteiger partial charge in [0.15, 0.2) is 0 Å². The molecule has 0 aliphatic carbocycles. The van der Waals surface area contributed by atoms with E-state index in [0.29, 0.717) is 6.54 Å². The number of aryl methyl sites for hydroxylation is 1. The van der Waals surface area contributed by atoms with Crippen LogP contribution in [0.1, 0.15) is 25.0 Å². The summed E-state index contributed by atoms with van der Waals surface area (Å²) < 4.78 is 9.65. The maximum Gasteiger partial charge on any atom is 0.329 e. The normalized spacial score (nSPS) is 12.0. The number of rotatable bonds is 5. The van der Waals surface area contributed by atoms with Gasteiger partial charge in [-0.05, 0) is 55.5 Å². The molecule has 0 radical (unpaired) electrons. The zero-order valence-electron chi connectivity index (χ0n) is 17.1. The molecule has 0 aliphatic rings. The first-order valence-corrected chi connectivity index (χ1v) is 10.4. The number of hydrogen-bond acceptors (Lipinski definition) is 4. The van der Waals surface area contributed by atoms with E-state index < -0.39 is 5.41 Å². The van der Waals surface area contributed by atoms with E-state index in [1.807, 2.05) is 24.3 Å². The van der Waals surface area contributed by atoms with Crippen molar-refractivity contribution >= 4 is 38.4 Å². The molecule has 5 nitrogen and oxygen atoms in total. The summed E-state index contributed by atoms with van der Waals surface area (Å²) in [5, 5.41) is 3.35. The van der Waals surface area contributed by atoms with Gasteiger partial charge in [-0.15, -0.1) is 11.3 Å². The van der Waals surface area contributed by atoms with Crippen LogP contribution in [-0.4, -0.2) is 22.2 Å². The van der Waals surface area contributed by atoms with E-state index in [2.05, 4.69) is 30.5 Å². The molecular formula is C23H24N2O3S. The fourth-order valence-electron chi connectivity index (χ4n) is 3.94. The quantitative estimate of drug-likeness (QED) is 0.455. The Kier molecular flexibility index (Phi) is 4.82. The fourth-order valence-corrected chi connectivity index (χ4v) is 4.97. The number of methoxy groups -OCH3 is 1. The van der Waals surface area contributed by atoms with Crippen molar-refractivity contribution in [3.05, 3.63) is 69.5 Å². The minimum Gasteiger partial charge on any atom is -0.469 e. The van der Waals surface area contributed by atoms with Crippen LogP contribution in [0.25, 0.3) is 21.1 Å². The molecule has 29 heavy (non-hydrogen) atoms. The zero-order valence-corrected chi connectivity index (χ0v) is 17.9. The molecule has 0 saturated heterocycles. The average molecular weight is 409 g/mol. The molecule has 4 aromatic rings. The van der Waals surface area contributed by atoms with Crippen LogP contribution in [-0.2, 0) is 22.6 Å². The van der Waals surface area contributed by atoms with Gasteiger partial charge in [0, 0.05) is 16.6 Å². The summed E-state index contributed by atoms with van der Waals surface area (Å²) in [7, 11) is 1.38. The lowest BCUT2D eigenvalue weighted by Crippen LogP contribution is -2.35. The molecule has 2 aromatic heterocycles. The van der Waals surface area contributed by atoms with E-state index in [1.54, 1.807) is 34.3 Å². The molecule has 0 bridgehead atoms. The molecule has 150 valence electrons. The molecule has 4 rings (SSSR count). The maximum atomic E-state index is 13.4. The number of thiophene rings is 1. The summed E-state index contributed by atoms with van der Waals surface area (Å²) in [5.41, 5.74) is 3.12. The van der Waals surface area contributed by atoms with Gasteiger partial charge >= 0.3 is 11.7 Å². The van der Waals surface area contributed by atoms with E-state index in [0.717, 1.165) is 16.6 Å². The van der Waals surface area contributed by atoms with Crippen molar-refractivity contribution < 1.29 is 9.53 Å². The van der Waals surface area contributed by atoms with Crippen molar-refractivity contribution in [1.29, 1.82) is 0 Å². The molecular weight excluding hydrogens is 384 g/mol. The van der Waals surface area contributed by atoms with Crippen LogP contribution >= 0.6 is 11.3 Å². The zero-order chi connectivity index (χ0) is 20.8. The third-order valence-electron chi connectivity index (χ3n) is 5.43. The van der Waals surface area contributed by atoms with Gasteiger partial charge in [0.05, 0.1) is 30.1 Å². The van der Waals surface area contributed by atoms with Crippen LogP contribution in [0.15, 0.2) is 52.6 Å². The third-order valence-corrected chi connectivity index (χ3v) is 6.43. The minimum atomic E-state index is -0.806. The van der Waals surface area contributed by atoms with Crippen molar-refractivity contribution in [3.8, 4) is 0 Å². The molecule has 0 amide bonds. The lowest BCUT2D eigenvalue weighted by atomic mass is 9.93. The van der Waals surface area contributed by atoms with Crippen molar-refractivity contribution in [2.75, 3.05) is 7.11 Å². The lowest BCUT2D eigenvalue weighted by Gasteiger charge is -2.21. The third kappa shape index (κ3) is 3.27. The molecule has 0 fully saturated rings. The van der Waals surface area contributed by atoms with Gasteiger partial charge in [-0.1, -0.05) is 24.3 Å². The van der Waals surface area contributed by atoms with E-state index in [-0.39, 0.29) is 18.2 Å². The first-order chi connectivity index (χ1) is 13.8. The predicted molar refractivity (Wildman–Crippen MR) is 118 cm³/mol. The number of fused-ring (bicyclic) bond motifs is 2. The largest absolute Gasteiger partial charge is 0.469 e. The van der Waals surface area contributed by atoms with Crippen LogP contribution in [0.2, 0.25) is 0 Å². The standard InChI is InChI=1S/C23H24N2O3S/c1-15-8-7-11-19-20(15)16(13-29-19)12-24-17-9-5-6-10-18(17)25(22(24)27)14-23(2,3)21(26)28-4/h5-11,13H,12,14H2,1-4H3. The Hall–Kier alpha value is -2.86. The Labute approximate surface area is 173 Å². The molecule has 0 aliphatic heterocycles. The number of para-hydroxylation sites is 2. The van der Waals surface area contributed by atoms with Gasteiger partial charge in [-0.25, -0.2) is 4.79 Å². The first-order valence-electron chi connectivity index (χ1n) is 9.55. The fraction of sp³-hybridized carbons (Fsp3) is 0.304. The summed E-state index contributed by atoms with van der Waals surface area (Å²) in [4.78, 5) is 25.6. The number of benzene rings is 2. The van der Waals surface area contributed by atoms with Crippen LogP contribution < -0.4 is 5.69 Å². The number of nitrogens with zero attached hydrogens (tertiary/aromatic N) is 2. The Morgan fingerprint density at radius 3 is 2.45 bits per heavy atom. The smallest absolute Gasteiger partial charge is 0.329 e. The Balaban J connectivity index is 1.85. The molecule has 0 spiro atoms. The Morgan fingerprint density at radius 2 is 1.76 bits per heavy atom. The van der Waals surface area contributed by atoms with Gasteiger partial charge in [0.1, 0.15) is 0 Å². The topological polar surface area (TPSA) is 53.2 Å². The second-order valence-electron chi connectivity index (χ2n) is 8.03. The van der Waals surface area contributed by atoms with Crippen LogP contribution in [0.4, 0.5) is 0 Å². The van der Waals surface area contributed by atoms with Crippen molar-refractivity contribution in [2.45, 2.75) is 33.9 Å². The molecule has 2 heterocycles. The van der Waals surface area contributed by atoms with Gasteiger partial charge < -0.3 is 4.74 Å². The number of ether oxygens (including phenoxy) is 1. The molecule has 0 N–H and O–H groups in total. The predicted octanol–water partition coefficient (Wildman–Crippen LogP) is 4.57. The van der Waals surface area contributed by atoms with Gasteiger partial charge in [0.2, 0.25) is 0 Å². The van der Waals surface area contributed by atoms with Crippen LogP contribution in [0, 0.1) is 12.3 Å². The highest BCUT2D eigenvalue weighted by molar-refractivity contribution is 7.17. The highest BCUT2D eigenvalue weighted by Crippen LogP contribution is 2.30. The molecule has 0 unspecified atom stereocenters. The Bertz CT molecular complexity index is 1280. The van der Waals surface area contributed by atoms with Crippen molar-refractivity contribution in [3.63, 3.8) is 0 Å². The summed E-state index contributed by atoms with van der Waals surface area (Å²) in [6.45, 7) is 6.45. The monoisotopic (exact) mass is 408 g/mol. The van der Waals surface area contributed by atoms with Gasteiger partial charge in [-0.2, -0.15) is 0 Å². The lowest BCUT2D eigenvalue weighted by molar-refractivity contribution is -0.151. The van der Waals surface area contributed by atoms with E-state index in [1.165, 1.54) is 22.8 Å². The second-order valence-corrected chi connectivity index (χ2v) is 8.94. The number of aromatic nitrogens is 2. The van der Waals surface area contributed by atoms with Crippen LogP contribution in [0.3, 0.4) is 0 Å². The number of carbonyl (C=O) groups excluding carboxylic acids is 1. The molecule has 2 aromatic carbocycles. The van der Waals surface area contributed by atoms with E-state index in [4.69, 9.17) is 4.74 Å². The highest BCUT2D eigenvalue weighted by atomic mass is 32.1. The molecule has 0 saturated carbocycles. The number of esters is 1. The molecule has 6 heteroatoms. The van der Waals surface area contributed by atoms with Crippen LogP contribution in [0.5, 0.6) is 0 Å². The minimum absolute atomic E-state index is 0.115. The average Bonchev–Trinajstić information content (AvgIpc) is 3.23. The van der Waals surface area contributed by atoms with E-state index in [9.17, 15) is 9.59 Å². The second kappa shape index (κ2) is 7.19. The van der Waals surface area contributed by atoms with Gasteiger partial charge in [-0.3, -0.25) is 13.9 Å². The summed E-state index contributed by atoms with van der Waals surface area (Å²) >= 11 is 1.70. The Morgan fingerprint density at radius 1 is 1.07 bits per heavy atom. The van der Waals surface area contributed by atoms with E-state index >= 15 is 0 Å². The number of imidazole rings is 1. The number of hydrogen-bond donors (Lipinski definition) is 0. The SMILES string of the molecule is COC(=O)C(C)(C)Cn1c(=O)n(Cc2csc3cccc(C)c23)c2ccccc21. The summed E-state index contributed by atoms with van der Waals surface area (Å²) in [6.07, 6.45) is 0. The van der Waals surface area contributed by atoms with Crippen molar-refractivity contribution in [2.24, 2.45) is 5.41 Å². The molecule has 0 atom stereocenters. The van der Waals surface area contributed by atoms with Gasteiger partial charge in [0.25, 0.3) is 0 Å². The van der Waals surface area contributed by atoms with Crippen molar-refractivity contribution in [1.82, 2.24) is 9.13 Å². The summed E-state index contributed by atoms with van der Waals surface area (Å²) in [6, 6.07) is 14.0.